The molecule has 0 unspecified atom stereocenters. The first-order chi connectivity index (χ1) is 15.3. The maximum absolute atomic E-state index is 12.2. The summed E-state index contributed by atoms with van der Waals surface area (Å²) in [6.07, 6.45) is 1.91. The van der Waals surface area contributed by atoms with Crippen LogP contribution in [-0.4, -0.2) is 37.8 Å². The van der Waals surface area contributed by atoms with Crippen molar-refractivity contribution in [2.75, 3.05) is 5.75 Å². The Morgan fingerprint density at radius 3 is 2.69 bits per heavy atom. The molecule has 1 fully saturated rings. The van der Waals surface area contributed by atoms with Gasteiger partial charge in [-0.15, -0.1) is 11.3 Å². The second-order valence-electron chi connectivity index (χ2n) is 7.85. The van der Waals surface area contributed by atoms with Gasteiger partial charge in [-0.3, -0.25) is 19.3 Å². The van der Waals surface area contributed by atoms with E-state index in [1.165, 1.54) is 16.2 Å². The fourth-order valence-electron chi connectivity index (χ4n) is 4.26. The number of aromatic nitrogens is 1. The molecule has 3 N–H and O–H groups in total. The highest BCUT2D eigenvalue weighted by Gasteiger charge is 2.33. The molecule has 7 nitrogen and oxygen atoms in total. The third-order valence-corrected chi connectivity index (χ3v) is 8.33. The summed E-state index contributed by atoms with van der Waals surface area (Å²) in [5.41, 5.74) is 8.66. The van der Waals surface area contributed by atoms with Crippen molar-refractivity contribution in [3.63, 3.8) is 0 Å². The SMILES string of the molecule is NC(=O)[C@H]1CCc2c(sc3nc(CN4C(=O)CSC4=O)c(Cl)c(-c4ccc(O)cc4)c23)C1. The van der Waals surface area contributed by atoms with E-state index in [9.17, 15) is 19.5 Å². The minimum absolute atomic E-state index is 0.00298. The number of hydrogen-bond donors (Lipinski definition) is 2. The van der Waals surface area contributed by atoms with Gasteiger partial charge in [0.05, 0.1) is 23.0 Å². The fraction of sp³-hybridized carbons (Fsp3) is 0.273. The van der Waals surface area contributed by atoms with Gasteiger partial charge in [0, 0.05) is 21.7 Å². The minimum atomic E-state index is -0.311. The normalized spacial score (nSPS) is 18.4. The van der Waals surface area contributed by atoms with Crippen molar-refractivity contribution in [2.24, 2.45) is 11.7 Å². The quantitative estimate of drug-likeness (QED) is 0.572. The number of halogens is 1. The molecule has 10 heteroatoms. The first-order valence-electron chi connectivity index (χ1n) is 10.0. The van der Waals surface area contributed by atoms with E-state index in [2.05, 4.69) is 0 Å². The zero-order valence-corrected chi connectivity index (χ0v) is 19.1. The number of thiophene rings is 1. The molecule has 1 aliphatic carbocycles. The van der Waals surface area contributed by atoms with Crippen molar-refractivity contribution < 1.29 is 19.5 Å². The molecule has 3 aromatic rings. The van der Waals surface area contributed by atoms with Crippen molar-refractivity contribution in [1.82, 2.24) is 9.88 Å². The molecule has 0 radical (unpaired) electrons. The van der Waals surface area contributed by atoms with Gasteiger partial charge in [0.1, 0.15) is 10.6 Å². The van der Waals surface area contributed by atoms with Gasteiger partial charge >= 0.3 is 0 Å². The van der Waals surface area contributed by atoms with Gasteiger partial charge in [-0.1, -0.05) is 35.5 Å². The number of rotatable bonds is 4. The van der Waals surface area contributed by atoms with E-state index in [1.807, 2.05) is 0 Å². The lowest BCUT2D eigenvalue weighted by Crippen LogP contribution is -2.28. The zero-order valence-electron chi connectivity index (χ0n) is 16.8. The predicted octanol–water partition coefficient (Wildman–Crippen LogP) is 4.11. The largest absolute Gasteiger partial charge is 0.508 e. The standard InChI is InChI=1S/C22H18ClN3O4S2/c23-19-14(8-26-16(28)9-31-22(26)30)25-21-18(17(19)10-1-4-12(27)5-2-10)13-6-3-11(20(24)29)7-15(13)32-21/h1-2,4-5,11,27H,3,6-9H2,(H2,24,29)/t11-/m0/s1. The first-order valence-corrected chi connectivity index (χ1v) is 12.2. The van der Waals surface area contributed by atoms with E-state index in [1.54, 1.807) is 24.3 Å². The average Bonchev–Trinajstić information content (AvgIpc) is 3.28. The first kappa shape index (κ1) is 21.2. The summed E-state index contributed by atoms with van der Waals surface area (Å²) in [4.78, 5) is 43.8. The molecular weight excluding hydrogens is 470 g/mol. The molecule has 1 aliphatic heterocycles. The van der Waals surface area contributed by atoms with Gasteiger partial charge < -0.3 is 10.8 Å². The molecule has 1 atom stereocenters. The number of phenols is 1. The summed E-state index contributed by atoms with van der Waals surface area (Å²) in [7, 11) is 0. The van der Waals surface area contributed by atoms with E-state index >= 15 is 0 Å². The van der Waals surface area contributed by atoms with Gasteiger partial charge in [-0.05, 0) is 42.5 Å². The number of hydrogen-bond acceptors (Lipinski definition) is 7. The number of carbonyl (C=O) groups excluding carboxylic acids is 3. The van der Waals surface area contributed by atoms with Crippen molar-refractivity contribution in [1.29, 1.82) is 0 Å². The van der Waals surface area contributed by atoms with Crippen molar-refractivity contribution in [3.05, 3.63) is 45.4 Å². The third-order valence-electron chi connectivity index (χ3n) is 5.91. The van der Waals surface area contributed by atoms with Crippen LogP contribution in [0.5, 0.6) is 5.75 Å². The molecule has 5 rings (SSSR count). The molecule has 2 aromatic heterocycles. The topological polar surface area (TPSA) is 114 Å². The molecule has 0 saturated carbocycles. The highest BCUT2D eigenvalue weighted by molar-refractivity contribution is 8.14. The van der Waals surface area contributed by atoms with Crippen LogP contribution in [0.25, 0.3) is 21.3 Å². The second-order valence-corrected chi connectivity index (χ2v) is 10.2. The smallest absolute Gasteiger partial charge is 0.289 e. The number of aromatic hydroxyl groups is 1. The summed E-state index contributed by atoms with van der Waals surface area (Å²) in [5.74, 6) is -0.524. The molecule has 0 spiro atoms. The number of phenolic OH excluding ortho intramolecular Hbond substituents is 1. The van der Waals surface area contributed by atoms with Crippen molar-refractivity contribution in [2.45, 2.75) is 25.8 Å². The van der Waals surface area contributed by atoms with Crippen LogP contribution in [0.4, 0.5) is 4.79 Å². The predicted molar refractivity (Wildman–Crippen MR) is 125 cm³/mol. The maximum Gasteiger partial charge on any atom is 0.289 e. The number of fused-ring (bicyclic) bond motifs is 3. The average molecular weight is 488 g/mol. The molecule has 3 amide bonds. The van der Waals surface area contributed by atoms with Crippen molar-refractivity contribution in [3.8, 4) is 16.9 Å². The van der Waals surface area contributed by atoms with E-state index in [0.29, 0.717) is 30.0 Å². The molecule has 164 valence electrons. The highest BCUT2D eigenvalue weighted by Crippen LogP contribution is 2.46. The Balaban J connectivity index is 1.70. The molecule has 1 aromatic carbocycles. The molecule has 0 bridgehead atoms. The number of pyridine rings is 1. The third kappa shape index (κ3) is 3.54. The summed E-state index contributed by atoms with van der Waals surface area (Å²) in [6.45, 7) is -0.00298. The number of nitrogens with zero attached hydrogens (tertiary/aromatic N) is 2. The molecule has 2 aliphatic rings. The van der Waals surface area contributed by atoms with Crippen LogP contribution in [0.2, 0.25) is 5.02 Å². The number of nitrogens with two attached hydrogens (primary N) is 1. The van der Waals surface area contributed by atoms with E-state index in [0.717, 1.165) is 43.5 Å². The number of primary amides is 1. The lowest BCUT2D eigenvalue weighted by molar-refractivity contribution is -0.125. The Morgan fingerprint density at radius 1 is 1.28 bits per heavy atom. The zero-order chi connectivity index (χ0) is 22.6. The Labute approximate surface area is 196 Å². The van der Waals surface area contributed by atoms with Crippen LogP contribution >= 0.6 is 34.7 Å². The van der Waals surface area contributed by atoms with Gasteiger partial charge in [0.25, 0.3) is 5.24 Å². The van der Waals surface area contributed by atoms with Gasteiger partial charge in [0.2, 0.25) is 11.8 Å². The summed E-state index contributed by atoms with van der Waals surface area (Å²) in [6, 6.07) is 6.73. The van der Waals surface area contributed by atoms with Crippen LogP contribution in [0.1, 0.15) is 22.6 Å². The Hall–Kier alpha value is -2.62. The number of carbonyl (C=O) groups is 3. The fourth-order valence-corrected chi connectivity index (χ4v) is 6.62. The lowest BCUT2D eigenvalue weighted by Gasteiger charge is -2.20. The van der Waals surface area contributed by atoms with E-state index in [4.69, 9.17) is 22.3 Å². The van der Waals surface area contributed by atoms with Crippen molar-refractivity contribution >= 4 is 62.0 Å². The van der Waals surface area contributed by atoms with Crippen LogP contribution in [0.3, 0.4) is 0 Å². The minimum Gasteiger partial charge on any atom is -0.508 e. The lowest BCUT2D eigenvalue weighted by atomic mass is 9.86. The van der Waals surface area contributed by atoms with Crippen LogP contribution in [-0.2, 0) is 29.0 Å². The Kier molecular flexibility index (Phi) is 5.35. The highest BCUT2D eigenvalue weighted by atomic mass is 35.5. The summed E-state index contributed by atoms with van der Waals surface area (Å²) < 4.78 is 0. The molecule has 32 heavy (non-hydrogen) atoms. The van der Waals surface area contributed by atoms with Crippen LogP contribution in [0.15, 0.2) is 24.3 Å². The summed E-state index contributed by atoms with van der Waals surface area (Å²) in [5, 5.41) is 10.7. The molecular formula is C22H18ClN3O4S2. The van der Waals surface area contributed by atoms with Crippen LogP contribution < -0.4 is 5.73 Å². The van der Waals surface area contributed by atoms with Gasteiger partial charge in [-0.2, -0.15) is 0 Å². The second kappa shape index (κ2) is 8.06. The van der Waals surface area contributed by atoms with Gasteiger partial charge in [0.15, 0.2) is 0 Å². The number of amides is 3. The monoisotopic (exact) mass is 487 g/mol. The maximum atomic E-state index is 12.2. The van der Waals surface area contributed by atoms with E-state index < -0.39 is 0 Å². The van der Waals surface area contributed by atoms with E-state index in [-0.39, 0.29) is 41.0 Å². The number of imide groups is 1. The number of aryl methyl sites for hydroxylation is 1. The Bertz CT molecular complexity index is 1270. The van der Waals surface area contributed by atoms with Crippen LogP contribution in [0, 0.1) is 5.92 Å². The summed E-state index contributed by atoms with van der Waals surface area (Å²) >= 11 is 9.33. The Morgan fingerprint density at radius 2 is 2.03 bits per heavy atom. The molecule has 1 saturated heterocycles. The number of thioether (sulfide) groups is 1. The van der Waals surface area contributed by atoms with Gasteiger partial charge in [-0.25, -0.2) is 4.98 Å². The number of benzene rings is 1. The molecule has 3 heterocycles.